The Hall–Kier alpha value is -4.87. The van der Waals surface area contributed by atoms with E-state index in [9.17, 15) is 14.7 Å². The summed E-state index contributed by atoms with van der Waals surface area (Å²) in [5.74, 6) is -2.94. The van der Waals surface area contributed by atoms with E-state index in [2.05, 4.69) is 21.5 Å². The highest BCUT2D eigenvalue weighted by Crippen LogP contribution is 2.44. The van der Waals surface area contributed by atoms with E-state index in [1.807, 2.05) is 25.7 Å². The molecule has 2 aliphatic heterocycles. The standard InChI is InChI=1S/C30H28F2N6O4/c1-5-20(40)36-11-12-37-17(13-36)14-42-27-22-28(37)35-30(41)38(26-16(4)9-10-33-24(26)15(2)3)29(22)34-25(23(27)32)21-18(31)7-6-8-19(21)39/h5-10,15,17,39H,1,11-14H2,2-4H3/t17-/m0/s1. The van der Waals surface area contributed by atoms with Crippen LogP contribution in [-0.4, -0.2) is 67.7 Å². The summed E-state index contributed by atoms with van der Waals surface area (Å²) in [7, 11) is 0. The number of carbonyl (C=O) groups is 1. The summed E-state index contributed by atoms with van der Waals surface area (Å²) >= 11 is 0. The average molecular weight is 575 g/mol. The molecule has 0 saturated carbocycles. The van der Waals surface area contributed by atoms with Gasteiger partial charge in [0.2, 0.25) is 5.91 Å². The van der Waals surface area contributed by atoms with Crippen LogP contribution < -0.4 is 15.3 Å². The maximum atomic E-state index is 16.4. The third-order valence-corrected chi connectivity index (χ3v) is 7.72. The van der Waals surface area contributed by atoms with Crippen LogP contribution in [0.3, 0.4) is 0 Å². The summed E-state index contributed by atoms with van der Waals surface area (Å²) in [6.45, 7) is 9.98. The number of carbonyl (C=O) groups excluding carboxylic acids is 1. The molecule has 4 aromatic rings. The number of pyridine rings is 2. The van der Waals surface area contributed by atoms with E-state index in [0.29, 0.717) is 30.0 Å². The maximum Gasteiger partial charge on any atom is 0.355 e. The van der Waals surface area contributed by atoms with Crippen molar-refractivity contribution >= 4 is 22.8 Å². The Balaban J connectivity index is 1.71. The number of ether oxygens (including phenoxy) is 1. The molecule has 3 aromatic heterocycles. The minimum atomic E-state index is -1.01. The molecule has 1 N–H and O–H groups in total. The molecule has 1 atom stereocenters. The number of aromatic nitrogens is 4. The van der Waals surface area contributed by atoms with Crippen LogP contribution >= 0.6 is 0 Å². The maximum absolute atomic E-state index is 16.4. The number of anilines is 1. The van der Waals surface area contributed by atoms with Crippen molar-refractivity contribution < 1.29 is 23.4 Å². The van der Waals surface area contributed by atoms with Crippen molar-refractivity contribution in [1.82, 2.24) is 24.4 Å². The van der Waals surface area contributed by atoms with Gasteiger partial charge in [0.1, 0.15) is 35.1 Å². The Bertz CT molecular complexity index is 1820. The first-order valence-corrected chi connectivity index (χ1v) is 13.5. The largest absolute Gasteiger partial charge is 0.507 e. The molecule has 6 rings (SSSR count). The van der Waals surface area contributed by atoms with Crippen molar-refractivity contribution in [2.45, 2.75) is 32.7 Å². The van der Waals surface area contributed by atoms with Gasteiger partial charge in [-0.15, -0.1) is 0 Å². The van der Waals surface area contributed by atoms with E-state index in [1.165, 1.54) is 22.8 Å². The molecule has 5 heterocycles. The molecule has 1 saturated heterocycles. The Morgan fingerprint density at radius 3 is 2.71 bits per heavy atom. The van der Waals surface area contributed by atoms with Crippen LogP contribution in [0.25, 0.3) is 28.0 Å². The van der Waals surface area contributed by atoms with E-state index < -0.39 is 40.4 Å². The minimum absolute atomic E-state index is 0.0256. The van der Waals surface area contributed by atoms with E-state index in [-0.39, 0.29) is 47.6 Å². The Kier molecular flexibility index (Phi) is 6.63. The number of fused-ring (bicyclic) bond motifs is 2. The third-order valence-electron chi connectivity index (χ3n) is 7.72. The van der Waals surface area contributed by atoms with Crippen molar-refractivity contribution in [3.8, 4) is 28.4 Å². The fourth-order valence-corrected chi connectivity index (χ4v) is 5.71. The van der Waals surface area contributed by atoms with Gasteiger partial charge in [-0.05, 0) is 42.7 Å². The van der Waals surface area contributed by atoms with E-state index in [1.54, 1.807) is 17.2 Å². The molecule has 1 amide bonds. The SMILES string of the molecule is C=CC(=O)N1CCN2c3nc(=O)n(-c4c(C)ccnc4C(C)C)c4nc(-c5c(O)cccc5F)c(F)c(c34)OC[C@@H]2C1. The number of halogens is 2. The van der Waals surface area contributed by atoms with Gasteiger partial charge in [-0.1, -0.05) is 26.5 Å². The molecule has 0 radical (unpaired) electrons. The number of nitrogens with zero attached hydrogens (tertiary/aromatic N) is 6. The summed E-state index contributed by atoms with van der Waals surface area (Å²) in [6.07, 6.45) is 2.86. The molecule has 10 nitrogen and oxygen atoms in total. The lowest BCUT2D eigenvalue weighted by Crippen LogP contribution is -2.56. The monoisotopic (exact) mass is 574 g/mol. The molecular formula is C30H28F2N6O4. The number of amides is 1. The van der Waals surface area contributed by atoms with Gasteiger partial charge in [-0.3, -0.25) is 9.78 Å². The zero-order chi connectivity index (χ0) is 29.9. The summed E-state index contributed by atoms with van der Waals surface area (Å²) in [4.78, 5) is 43.2. The fourth-order valence-electron chi connectivity index (χ4n) is 5.71. The molecule has 1 aromatic carbocycles. The average Bonchev–Trinajstić information content (AvgIpc) is 3.12. The van der Waals surface area contributed by atoms with Crippen LogP contribution in [0.15, 0.2) is 47.9 Å². The summed E-state index contributed by atoms with van der Waals surface area (Å²) in [5.41, 5.74) is -0.00881. The van der Waals surface area contributed by atoms with Crippen molar-refractivity contribution in [1.29, 1.82) is 0 Å². The lowest BCUT2D eigenvalue weighted by Gasteiger charge is -2.40. The van der Waals surface area contributed by atoms with Gasteiger partial charge < -0.3 is 19.6 Å². The van der Waals surface area contributed by atoms with Crippen LogP contribution in [0, 0.1) is 18.6 Å². The van der Waals surface area contributed by atoms with Crippen LogP contribution in [0.5, 0.6) is 11.5 Å². The van der Waals surface area contributed by atoms with Gasteiger partial charge in [0.15, 0.2) is 17.2 Å². The highest BCUT2D eigenvalue weighted by atomic mass is 19.1. The molecule has 0 bridgehead atoms. The first-order valence-electron chi connectivity index (χ1n) is 13.5. The number of rotatable bonds is 4. The Labute approximate surface area is 239 Å². The lowest BCUT2D eigenvalue weighted by atomic mass is 10.0. The number of phenolic OH excluding ortho intramolecular Hbond substituents is 1. The van der Waals surface area contributed by atoms with Crippen molar-refractivity contribution in [3.05, 3.63) is 76.5 Å². The quantitative estimate of drug-likeness (QED) is 0.366. The highest BCUT2D eigenvalue weighted by molar-refractivity contribution is 5.97. The van der Waals surface area contributed by atoms with Crippen LogP contribution in [-0.2, 0) is 4.79 Å². The number of aromatic hydroxyl groups is 1. The van der Waals surface area contributed by atoms with Gasteiger partial charge in [-0.25, -0.2) is 23.1 Å². The molecule has 216 valence electrons. The van der Waals surface area contributed by atoms with E-state index in [0.717, 1.165) is 6.07 Å². The van der Waals surface area contributed by atoms with Crippen molar-refractivity contribution in [2.75, 3.05) is 31.1 Å². The summed E-state index contributed by atoms with van der Waals surface area (Å²) in [5, 5.41) is 10.7. The van der Waals surface area contributed by atoms with Gasteiger partial charge in [0.25, 0.3) is 0 Å². The molecule has 42 heavy (non-hydrogen) atoms. The number of benzene rings is 1. The fraction of sp³-hybridized carbons (Fsp3) is 0.300. The number of piperazine rings is 1. The number of hydrogen-bond acceptors (Lipinski definition) is 8. The highest BCUT2D eigenvalue weighted by Gasteiger charge is 2.38. The zero-order valence-corrected chi connectivity index (χ0v) is 23.3. The van der Waals surface area contributed by atoms with Crippen molar-refractivity contribution in [2.24, 2.45) is 0 Å². The second-order valence-electron chi connectivity index (χ2n) is 10.7. The predicted molar refractivity (Wildman–Crippen MR) is 152 cm³/mol. The number of hydrogen-bond donors (Lipinski definition) is 1. The normalized spacial score (nSPS) is 16.3. The molecule has 0 aliphatic carbocycles. The summed E-state index contributed by atoms with van der Waals surface area (Å²) in [6, 6.07) is 4.86. The molecule has 1 fully saturated rings. The Morgan fingerprint density at radius 2 is 2.00 bits per heavy atom. The van der Waals surface area contributed by atoms with Gasteiger partial charge in [-0.2, -0.15) is 4.98 Å². The minimum Gasteiger partial charge on any atom is -0.507 e. The topological polar surface area (TPSA) is 114 Å². The first kappa shape index (κ1) is 27.3. The smallest absolute Gasteiger partial charge is 0.355 e. The van der Waals surface area contributed by atoms with Gasteiger partial charge >= 0.3 is 5.69 Å². The van der Waals surface area contributed by atoms with Crippen molar-refractivity contribution in [3.63, 3.8) is 0 Å². The Morgan fingerprint density at radius 1 is 1.21 bits per heavy atom. The second-order valence-corrected chi connectivity index (χ2v) is 10.7. The van der Waals surface area contributed by atoms with E-state index in [4.69, 9.17) is 4.74 Å². The predicted octanol–water partition coefficient (Wildman–Crippen LogP) is 3.85. The number of aryl methyl sites for hydroxylation is 1. The van der Waals surface area contributed by atoms with Crippen LogP contribution in [0.2, 0.25) is 0 Å². The molecule has 0 spiro atoms. The molecule has 2 aliphatic rings. The van der Waals surface area contributed by atoms with Crippen LogP contribution in [0.1, 0.15) is 31.0 Å². The molecule has 0 unspecified atom stereocenters. The number of phenols is 1. The summed E-state index contributed by atoms with van der Waals surface area (Å²) < 4.78 is 38.8. The second kappa shape index (κ2) is 10.2. The van der Waals surface area contributed by atoms with E-state index >= 15 is 8.78 Å². The lowest BCUT2D eigenvalue weighted by molar-refractivity contribution is -0.126. The molecule has 12 heteroatoms. The zero-order valence-electron chi connectivity index (χ0n) is 23.3. The van der Waals surface area contributed by atoms with Gasteiger partial charge in [0, 0.05) is 25.8 Å². The molecular weight excluding hydrogens is 546 g/mol. The van der Waals surface area contributed by atoms with Crippen LogP contribution in [0.4, 0.5) is 14.6 Å². The van der Waals surface area contributed by atoms with Gasteiger partial charge in [0.05, 0.1) is 23.0 Å². The third kappa shape index (κ3) is 4.16. The first-order chi connectivity index (χ1) is 20.1.